The van der Waals surface area contributed by atoms with Gasteiger partial charge in [0.15, 0.2) is 5.82 Å². The van der Waals surface area contributed by atoms with Crippen molar-refractivity contribution >= 4 is 16.7 Å². The van der Waals surface area contributed by atoms with Crippen LogP contribution in [0.3, 0.4) is 0 Å². The van der Waals surface area contributed by atoms with Crippen molar-refractivity contribution in [2.45, 2.75) is 38.5 Å². The molecule has 3 rings (SSSR count). The van der Waals surface area contributed by atoms with E-state index in [1.807, 2.05) is 12.1 Å². The van der Waals surface area contributed by atoms with E-state index in [1.54, 1.807) is 12.1 Å². The van der Waals surface area contributed by atoms with Crippen LogP contribution in [0, 0.1) is 0 Å². The van der Waals surface area contributed by atoms with Crippen LogP contribution in [0.15, 0.2) is 35.9 Å². The van der Waals surface area contributed by atoms with E-state index >= 15 is 0 Å². The molecular weight excluding hydrogens is 284 g/mol. The summed E-state index contributed by atoms with van der Waals surface area (Å²) in [5.41, 5.74) is 2.00. The number of halogens is 2. The number of rotatable bonds is 5. The normalized spacial score (nSPS) is 15.1. The highest BCUT2D eigenvalue weighted by Crippen LogP contribution is 2.25. The maximum atomic E-state index is 12.9. The number of para-hydroxylation sites is 1. The number of anilines is 1. The molecule has 0 amide bonds. The van der Waals surface area contributed by atoms with Gasteiger partial charge in [0.2, 0.25) is 0 Å². The summed E-state index contributed by atoms with van der Waals surface area (Å²) in [6, 6.07) is 7.24. The van der Waals surface area contributed by atoms with Gasteiger partial charge in [-0.2, -0.15) is 0 Å². The largest absolute Gasteiger partial charge is 0.369 e. The first-order valence-electron chi connectivity index (χ1n) is 7.70. The van der Waals surface area contributed by atoms with E-state index in [9.17, 15) is 8.78 Å². The molecular formula is C17H19F2N3. The van der Waals surface area contributed by atoms with Crippen molar-refractivity contribution in [3.8, 4) is 0 Å². The van der Waals surface area contributed by atoms with Crippen LogP contribution in [0.1, 0.15) is 44.4 Å². The Balaban J connectivity index is 1.78. The molecule has 1 aromatic carbocycles. The minimum Gasteiger partial charge on any atom is -0.369 e. The van der Waals surface area contributed by atoms with Crippen molar-refractivity contribution in [2.75, 3.05) is 11.9 Å². The second-order valence-corrected chi connectivity index (χ2v) is 5.53. The molecule has 1 aromatic heterocycles. The monoisotopic (exact) mass is 303 g/mol. The van der Waals surface area contributed by atoms with E-state index in [0.717, 1.165) is 24.6 Å². The average Bonchev–Trinajstić information content (AvgIpc) is 2.55. The maximum Gasteiger partial charge on any atom is 0.297 e. The van der Waals surface area contributed by atoms with Gasteiger partial charge in [0.05, 0.1) is 5.52 Å². The van der Waals surface area contributed by atoms with Gasteiger partial charge >= 0.3 is 0 Å². The Hall–Kier alpha value is -2.04. The number of fused-ring (bicyclic) bond motifs is 1. The quantitative estimate of drug-likeness (QED) is 0.801. The van der Waals surface area contributed by atoms with Crippen molar-refractivity contribution in [1.29, 1.82) is 0 Å². The van der Waals surface area contributed by atoms with Crippen molar-refractivity contribution < 1.29 is 8.78 Å². The fraction of sp³-hybridized carbons (Fsp3) is 0.412. The second kappa shape index (κ2) is 6.81. The summed E-state index contributed by atoms with van der Waals surface area (Å²) in [5, 5.41) is 3.99. The van der Waals surface area contributed by atoms with E-state index in [0.29, 0.717) is 17.9 Å². The van der Waals surface area contributed by atoms with Gasteiger partial charge in [-0.05, 0) is 44.2 Å². The summed E-state index contributed by atoms with van der Waals surface area (Å²) in [7, 11) is 0. The number of hydrogen-bond donors (Lipinski definition) is 1. The van der Waals surface area contributed by atoms with Gasteiger partial charge in [-0.1, -0.05) is 23.8 Å². The smallest absolute Gasteiger partial charge is 0.297 e. The third-order valence-corrected chi connectivity index (χ3v) is 3.94. The standard InChI is InChI=1S/C17H19F2N3/c18-15(19)17-21-14-9-5-4-8-13(14)16(22-17)20-11-10-12-6-2-1-3-7-12/h4-6,8-9,15H,1-3,7,10-11H2,(H,20,21,22). The van der Waals surface area contributed by atoms with E-state index in [-0.39, 0.29) is 0 Å². The van der Waals surface area contributed by atoms with Gasteiger partial charge in [0.25, 0.3) is 6.43 Å². The molecule has 22 heavy (non-hydrogen) atoms. The number of nitrogens with zero attached hydrogens (tertiary/aromatic N) is 2. The first kappa shape index (κ1) is 14.9. The lowest BCUT2D eigenvalue weighted by Crippen LogP contribution is -2.08. The molecule has 3 nitrogen and oxygen atoms in total. The third-order valence-electron chi connectivity index (χ3n) is 3.94. The molecule has 0 bridgehead atoms. The lowest BCUT2D eigenvalue weighted by Gasteiger charge is -2.14. The van der Waals surface area contributed by atoms with Crippen LogP contribution in [-0.2, 0) is 0 Å². The summed E-state index contributed by atoms with van der Waals surface area (Å²) >= 11 is 0. The fourth-order valence-corrected chi connectivity index (χ4v) is 2.80. The van der Waals surface area contributed by atoms with Gasteiger partial charge in [-0.3, -0.25) is 0 Å². The number of alkyl halides is 2. The number of nitrogens with one attached hydrogen (secondary N) is 1. The van der Waals surface area contributed by atoms with Gasteiger partial charge in [-0.25, -0.2) is 18.7 Å². The molecule has 2 aromatic rings. The van der Waals surface area contributed by atoms with Crippen LogP contribution >= 0.6 is 0 Å². The predicted octanol–water partition coefficient (Wildman–Crippen LogP) is 4.87. The number of allylic oxidation sites excluding steroid dienone is 1. The molecule has 1 aliphatic carbocycles. The fourth-order valence-electron chi connectivity index (χ4n) is 2.80. The minimum atomic E-state index is -2.66. The van der Waals surface area contributed by atoms with E-state index in [1.165, 1.54) is 18.4 Å². The molecule has 0 atom stereocenters. The molecule has 0 saturated carbocycles. The Morgan fingerprint density at radius 3 is 2.77 bits per heavy atom. The zero-order chi connectivity index (χ0) is 15.4. The number of hydrogen-bond acceptors (Lipinski definition) is 3. The molecule has 1 heterocycles. The number of aromatic nitrogens is 2. The maximum absolute atomic E-state index is 12.9. The van der Waals surface area contributed by atoms with Crippen molar-refractivity contribution in [2.24, 2.45) is 0 Å². The number of benzene rings is 1. The summed E-state index contributed by atoms with van der Waals surface area (Å²) in [4.78, 5) is 7.91. The minimum absolute atomic E-state index is 0.418. The summed E-state index contributed by atoms with van der Waals surface area (Å²) in [5.74, 6) is 0.0791. The average molecular weight is 303 g/mol. The molecule has 5 heteroatoms. The first-order valence-corrected chi connectivity index (χ1v) is 7.70. The second-order valence-electron chi connectivity index (χ2n) is 5.53. The topological polar surface area (TPSA) is 37.8 Å². The summed E-state index contributed by atoms with van der Waals surface area (Å²) < 4.78 is 25.9. The first-order chi connectivity index (χ1) is 10.7. The van der Waals surface area contributed by atoms with Crippen LogP contribution < -0.4 is 5.32 Å². The van der Waals surface area contributed by atoms with Crippen LogP contribution in [0.2, 0.25) is 0 Å². The van der Waals surface area contributed by atoms with Crippen molar-refractivity contribution in [3.63, 3.8) is 0 Å². The molecule has 116 valence electrons. The zero-order valence-electron chi connectivity index (χ0n) is 12.4. The van der Waals surface area contributed by atoms with Crippen LogP contribution in [0.25, 0.3) is 10.9 Å². The lowest BCUT2D eigenvalue weighted by molar-refractivity contribution is 0.141. The molecule has 1 N–H and O–H groups in total. The Labute approximate surface area is 128 Å². The molecule has 0 radical (unpaired) electrons. The van der Waals surface area contributed by atoms with Crippen LogP contribution in [0.4, 0.5) is 14.6 Å². The van der Waals surface area contributed by atoms with Gasteiger partial charge in [0.1, 0.15) is 5.82 Å². The Morgan fingerprint density at radius 2 is 2.00 bits per heavy atom. The molecule has 0 saturated heterocycles. The third kappa shape index (κ3) is 3.40. The molecule has 0 unspecified atom stereocenters. The Bertz CT molecular complexity index is 683. The van der Waals surface area contributed by atoms with Crippen LogP contribution in [-0.4, -0.2) is 16.5 Å². The summed E-state index contributed by atoms with van der Waals surface area (Å²) in [6.07, 6.45) is 5.39. The highest BCUT2D eigenvalue weighted by Gasteiger charge is 2.15. The molecule has 0 aliphatic heterocycles. The Morgan fingerprint density at radius 1 is 1.14 bits per heavy atom. The Kier molecular flexibility index (Phi) is 4.61. The van der Waals surface area contributed by atoms with Gasteiger partial charge in [-0.15, -0.1) is 0 Å². The highest BCUT2D eigenvalue weighted by atomic mass is 19.3. The van der Waals surface area contributed by atoms with E-state index < -0.39 is 12.2 Å². The van der Waals surface area contributed by atoms with E-state index in [4.69, 9.17) is 0 Å². The predicted molar refractivity (Wildman–Crippen MR) is 84.2 cm³/mol. The SMILES string of the molecule is FC(F)c1nc(NCCC2=CCCCC2)c2ccccc2n1. The zero-order valence-corrected chi connectivity index (χ0v) is 12.4. The molecule has 0 fully saturated rings. The molecule has 0 spiro atoms. The van der Waals surface area contributed by atoms with Crippen LogP contribution in [0.5, 0.6) is 0 Å². The highest BCUT2D eigenvalue weighted by molar-refractivity contribution is 5.88. The molecule has 1 aliphatic rings. The van der Waals surface area contributed by atoms with Gasteiger partial charge < -0.3 is 5.32 Å². The van der Waals surface area contributed by atoms with Gasteiger partial charge in [0, 0.05) is 11.9 Å². The van der Waals surface area contributed by atoms with Crippen molar-refractivity contribution in [3.05, 3.63) is 41.7 Å². The van der Waals surface area contributed by atoms with E-state index in [2.05, 4.69) is 21.4 Å². The lowest BCUT2D eigenvalue weighted by atomic mass is 9.97. The van der Waals surface area contributed by atoms with Crippen molar-refractivity contribution in [1.82, 2.24) is 9.97 Å². The summed E-state index contributed by atoms with van der Waals surface area (Å²) in [6.45, 7) is 0.704.